The quantitative estimate of drug-likeness (QED) is 0.895. The molecule has 2 nitrogen and oxygen atoms in total. The van der Waals surface area contributed by atoms with Gasteiger partial charge in [-0.2, -0.15) is 0 Å². The second kappa shape index (κ2) is 5.10. The highest BCUT2D eigenvalue weighted by Gasteiger charge is 2.46. The smallest absolute Gasteiger partial charge is 0.0535 e. The molecule has 3 aliphatic rings. The zero-order chi connectivity index (χ0) is 14.4. The van der Waals surface area contributed by atoms with Gasteiger partial charge in [0.1, 0.15) is 0 Å². The number of rotatable bonds is 2. The van der Waals surface area contributed by atoms with E-state index < -0.39 is 0 Å². The normalized spacial score (nSPS) is 43.3. The lowest BCUT2D eigenvalue weighted by atomic mass is 9.85. The largest absolute Gasteiger partial charge is 0.305 e. The van der Waals surface area contributed by atoms with E-state index in [1.54, 1.807) is 0 Å². The van der Waals surface area contributed by atoms with Gasteiger partial charge in [-0.1, -0.05) is 36.8 Å². The summed E-state index contributed by atoms with van der Waals surface area (Å²) in [6.07, 6.45) is 5.94. The Morgan fingerprint density at radius 1 is 1.14 bits per heavy atom. The minimum absolute atomic E-state index is 0.107. The van der Waals surface area contributed by atoms with Gasteiger partial charge >= 0.3 is 0 Å². The predicted octanol–water partition coefficient (Wildman–Crippen LogP) is 3.38. The van der Waals surface area contributed by atoms with E-state index in [0.717, 1.165) is 31.0 Å². The van der Waals surface area contributed by atoms with Crippen molar-refractivity contribution in [2.24, 2.45) is 11.8 Å². The summed E-state index contributed by atoms with van der Waals surface area (Å²) in [5.41, 5.74) is 1.54. The lowest BCUT2D eigenvalue weighted by molar-refractivity contribution is 0.0311. The van der Waals surface area contributed by atoms with Gasteiger partial charge < -0.3 is 5.32 Å². The molecule has 1 heterocycles. The first kappa shape index (κ1) is 13.8. The third-order valence-corrected chi connectivity index (χ3v) is 6.39. The standard InChI is InChI=1S/C19H28N2/c1-14-12-20-19(2,17-6-4-3-5-7-17)13-21(14)18-11-15-8-9-16(18)10-15/h3-7,14-16,18,20H,8-13H2,1-2H3. The maximum atomic E-state index is 3.82. The van der Waals surface area contributed by atoms with Crippen molar-refractivity contribution >= 4 is 0 Å². The molecule has 2 heteroatoms. The number of piperazine rings is 1. The van der Waals surface area contributed by atoms with E-state index in [9.17, 15) is 0 Å². The molecule has 2 bridgehead atoms. The lowest BCUT2D eigenvalue weighted by Gasteiger charge is -2.49. The van der Waals surface area contributed by atoms with Gasteiger partial charge in [0.2, 0.25) is 0 Å². The minimum Gasteiger partial charge on any atom is -0.305 e. The van der Waals surface area contributed by atoms with Crippen LogP contribution in [0.5, 0.6) is 0 Å². The van der Waals surface area contributed by atoms with Crippen molar-refractivity contribution in [3.63, 3.8) is 0 Å². The van der Waals surface area contributed by atoms with Crippen LogP contribution in [0, 0.1) is 11.8 Å². The van der Waals surface area contributed by atoms with Crippen molar-refractivity contribution in [3.05, 3.63) is 35.9 Å². The van der Waals surface area contributed by atoms with Crippen LogP contribution >= 0.6 is 0 Å². The number of benzene rings is 1. The number of hydrogen-bond acceptors (Lipinski definition) is 2. The molecule has 3 fully saturated rings. The molecule has 1 aromatic rings. The monoisotopic (exact) mass is 284 g/mol. The van der Waals surface area contributed by atoms with Crippen LogP contribution in [0.1, 0.15) is 45.1 Å². The predicted molar refractivity (Wildman–Crippen MR) is 87.2 cm³/mol. The Labute approximate surface area is 128 Å². The molecule has 5 atom stereocenters. The van der Waals surface area contributed by atoms with Gasteiger partial charge in [-0.15, -0.1) is 0 Å². The molecular formula is C19H28N2. The van der Waals surface area contributed by atoms with Crippen LogP contribution in [0.2, 0.25) is 0 Å². The maximum Gasteiger partial charge on any atom is 0.0535 e. The first-order chi connectivity index (χ1) is 10.2. The maximum absolute atomic E-state index is 3.82. The molecule has 2 aliphatic carbocycles. The molecule has 1 saturated heterocycles. The molecule has 21 heavy (non-hydrogen) atoms. The highest BCUT2D eigenvalue weighted by Crippen LogP contribution is 2.48. The molecule has 5 unspecified atom stereocenters. The molecule has 0 aromatic heterocycles. The summed E-state index contributed by atoms with van der Waals surface area (Å²) in [5, 5.41) is 3.82. The molecule has 0 radical (unpaired) electrons. The van der Waals surface area contributed by atoms with Crippen molar-refractivity contribution in [2.75, 3.05) is 13.1 Å². The Kier molecular flexibility index (Phi) is 3.35. The summed E-state index contributed by atoms with van der Waals surface area (Å²) < 4.78 is 0. The Hall–Kier alpha value is -0.860. The fourth-order valence-corrected chi connectivity index (χ4v) is 5.13. The van der Waals surface area contributed by atoms with E-state index in [2.05, 4.69) is 54.4 Å². The van der Waals surface area contributed by atoms with E-state index in [0.29, 0.717) is 6.04 Å². The zero-order valence-corrected chi connectivity index (χ0v) is 13.4. The second-order valence-corrected chi connectivity index (χ2v) is 7.84. The van der Waals surface area contributed by atoms with Crippen LogP contribution in [0.4, 0.5) is 0 Å². The van der Waals surface area contributed by atoms with Crippen LogP contribution in [-0.4, -0.2) is 30.1 Å². The molecule has 1 N–H and O–H groups in total. The number of nitrogens with one attached hydrogen (secondary N) is 1. The van der Waals surface area contributed by atoms with Crippen molar-refractivity contribution in [3.8, 4) is 0 Å². The van der Waals surface area contributed by atoms with Gasteiger partial charge in [0, 0.05) is 25.2 Å². The molecule has 4 rings (SSSR count). The Balaban J connectivity index is 1.57. The average molecular weight is 284 g/mol. The summed E-state index contributed by atoms with van der Waals surface area (Å²) in [4.78, 5) is 2.84. The van der Waals surface area contributed by atoms with Crippen molar-refractivity contribution < 1.29 is 0 Å². The summed E-state index contributed by atoms with van der Waals surface area (Å²) in [5.74, 6) is 2.01. The highest BCUT2D eigenvalue weighted by molar-refractivity contribution is 5.25. The van der Waals surface area contributed by atoms with Gasteiger partial charge in [0.25, 0.3) is 0 Å². The second-order valence-electron chi connectivity index (χ2n) is 7.84. The summed E-state index contributed by atoms with van der Waals surface area (Å²) in [7, 11) is 0. The number of fused-ring (bicyclic) bond motifs is 2. The molecule has 1 aliphatic heterocycles. The topological polar surface area (TPSA) is 15.3 Å². The molecule has 1 aromatic carbocycles. The summed E-state index contributed by atoms with van der Waals surface area (Å²) in [6.45, 7) is 7.06. The van der Waals surface area contributed by atoms with Gasteiger partial charge in [0.05, 0.1) is 5.54 Å². The number of nitrogens with zero attached hydrogens (tertiary/aromatic N) is 1. The Morgan fingerprint density at radius 2 is 1.95 bits per heavy atom. The first-order valence-corrected chi connectivity index (χ1v) is 8.72. The van der Waals surface area contributed by atoms with E-state index in [1.807, 2.05) is 0 Å². The summed E-state index contributed by atoms with van der Waals surface area (Å²) in [6, 6.07) is 12.5. The minimum atomic E-state index is 0.107. The SMILES string of the molecule is CC1CNC(C)(c2ccccc2)CN1C1CC2CCC1C2. The van der Waals surface area contributed by atoms with E-state index in [1.165, 1.54) is 31.2 Å². The third kappa shape index (κ3) is 2.33. The van der Waals surface area contributed by atoms with Crippen LogP contribution in [0.25, 0.3) is 0 Å². The van der Waals surface area contributed by atoms with Crippen molar-refractivity contribution in [1.29, 1.82) is 0 Å². The molecule has 2 saturated carbocycles. The highest BCUT2D eigenvalue weighted by atomic mass is 15.3. The van der Waals surface area contributed by atoms with E-state index in [4.69, 9.17) is 0 Å². The molecular weight excluding hydrogens is 256 g/mol. The van der Waals surface area contributed by atoms with Gasteiger partial charge in [-0.25, -0.2) is 0 Å². The molecule has 114 valence electrons. The fraction of sp³-hybridized carbons (Fsp3) is 0.684. The number of hydrogen-bond donors (Lipinski definition) is 1. The van der Waals surface area contributed by atoms with Crippen molar-refractivity contribution in [1.82, 2.24) is 10.2 Å². The molecule has 0 spiro atoms. The average Bonchev–Trinajstić information content (AvgIpc) is 3.14. The van der Waals surface area contributed by atoms with Crippen LogP contribution in [0.15, 0.2) is 30.3 Å². The van der Waals surface area contributed by atoms with E-state index >= 15 is 0 Å². The van der Waals surface area contributed by atoms with Gasteiger partial charge in [-0.3, -0.25) is 4.90 Å². The van der Waals surface area contributed by atoms with Crippen LogP contribution in [-0.2, 0) is 5.54 Å². The fourth-order valence-electron chi connectivity index (χ4n) is 5.13. The first-order valence-electron chi connectivity index (χ1n) is 8.72. The Bertz CT molecular complexity index is 500. The van der Waals surface area contributed by atoms with Gasteiger partial charge in [-0.05, 0) is 50.5 Å². The van der Waals surface area contributed by atoms with Crippen LogP contribution in [0.3, 0.4) is 0 Å². The lowest BCUT2D eigenvalue weighted by Crippen LogP contribution is -2.63. The molecule has 0 amide bonds. The van der Waals surface area contributed by atoms with Crippen LogP contribution < -0.4 is 5.32 Å². The van der Waals surface area contributed by atoms with Gasteiger partial charge in [0.15, 0.2) is 0 Å². The zero-order valence-electron chi connectivity index (χ0n) is 13.4. The van der Waals surface area contributed by atoms with E-state index in [-0.39, 0.29) is 5.54 Å². The third-order valence-electron chi connectivity index (χ3n) is 6.39. The summed E-state index contributed by atoms with van der Waals surface area (Å²) >= 11 is 0. The van der Waals surface area contributed by atoms with Crippen molar-refractivity contribution in [2.45, 2.75) is 57.2 Å². The Morgan fingerprint density at radius 3 is 2.62 bits per heavy atom.